The second-order valence-electron chi connectivity index (χ2n) is 4.25. The van der Waals surface area contributed by atoms with Crippen molar-refractivity contribution >= 4 is 33.4 Å². The van der Waals surface area contributed by atoms with Gasteiger partial charge >= 0.3 is 0 Å². The number of hydrogen-bond donors (Lipinski definition) is 0. The standard InChI is InChI=1S/C12H12BrClFNO/c13-10-3-8(1-2-11(10)15)6-16-7-9(5-14)4-12(16)17/h1-3,9H,4-7H2. The van der Waals surface area contributed by atoms with Crippen molar-refractivity contribution in [3.63, 3.8) is 0 Å². The van der Waals surface area contributed by atoms with Crippen LogP contribution in [0.5, 0.6) is 0 Å². The summed E-state index contributed by atoms with van der Waals surface area (Å²) in [4.78, 5) is 13.5. The number of rotatable bonds is 3. The van der Waals surface area contributed by atoms with Crippen molar-refractivity contribution in [2.75, 3.05) is 12.4 Å². The molecule has 2 nitrogen and oxygen atoms in total. The van der Waals surface area contributed by atoms with Gasteiger partial charge in [-0.2, -0.15) is 0 Å². The Morgan fingerprint density at radius 1 is 1.53 bits per heavy atom. The van der Waals surface area contributed by atoms with E-state index in [1.807, 2.05) is 0 Å². The number of nitrogens with zero attached hydrogens (tertiary/aromatic N) is 1. The summed E-state index contributed by atoms with van der Waals surface area (Å²) in [6.07, 6.45) is 0.520. The molecule has 17 heavy (non-hydrogen) atoms. The van der Waals surface area contributed by atoms with E-state index in [0.717, 1.165) is 5.56 Å². The largest absolute Gasteiger partial charge is 0.338 e. The highest BCUT2D eigenvalue weighted by Gasteiger charge is 2.28. The van der Waals surface area contributed by atoms with Gasteiger partial charge in [-0.1, -0.05) is 6.07 Å². The summed E-state index contributed by atoms with van der Waals surface area (Å²) < 4.78 is 13.5. The molecule has 0 radical (unpaired) electrons. The number of benzene rings is 1. The Hall–Kier alpha value is -0.610. The predicted molar refractivity (Wildman–Crippen MR) is 68.3 cm³/mol. The third-order valence-electron chi connectivity index (χ3n) is 2.87. The van der Waals surface area contributed by atoms with Gasteiger partial charge in [0.25, 0.3) is 0 Å². The molecule has 1 aromatic carbocycles. The van der Waals surface area contributed by atoms with Crippen LogP contribution in [0.3, 0.4) is 0 Å². The summed E-state index contributed by atoms with van der Waals surface area (Å²) in [5.74, 6) is 0.583. The second kappa shape index (κ2) is 5.36. The average Bonchev–Trinajstić information content (AvgIpc) is 2.65. The number of alkyl halides is 1. The minimum absolute atomic E-state index is 0.121. The number of amides is 1. The van der Waals surface area contributed by atoms with Crippen molar-refractivity contribution in [2.45, 2.75) is 13.0 Å². The number of carbonyl (C=O) groups excluding carboxylic acids is 1. The SMILES string of the molecule is O=C1CC(CCl)CN1Cc1ccc(F)c(Br)c1. The molecule has 0 N–H and O–H groups in total. The van der Waals surface area contributed by atoms with Gasteiger partial charge < -0.3 is 4.90 Å². The lowest BCUT2D eigenvalue weighted by Crippen LogP contribution is -2.24. The Kier molecular flexibility index (Phi) is 4.05. The van der Waals surface area contributed by atoms with E-state index in [9.17, 15) is 9.18 Å². The van der Waals surface area contributed by atoms with Gasteiger partial charge in [0.05, 0.1) is 4.47 Å². The van der Waals surface area contributed by atoms with Crippen LogP contribution in [0.25, 0.3) is 0 Å². The lowest BCUT2D eigenvalue weighted by atomic mass is 10.1. The molecule has 1 saturated heterocycles. The molecule has 1 amide bonds. The van der Waals surface area contributed by atoms with E-state index < -0.39 is 0 Å². The van der Waals surface area contributed by atoms with Crippen molar-refractivity contribution in [1.29, 1.82) is 0 Å². The van der Waals surface area contributed by atoms with Crippen LogP contribution in [-0.2, 0) is 11.3 Å². The van der Waals surface area contributed by atoms with Gasteiger partial charge in [0.1, 0.15) is 5.82 Å². The van der Waals surface area contributed by atoms with E-state index in [2.05, 4.69) is 15.9 Å². The van der Waals surface area contributed by atoms with Crippen molar-refractivity contribution in [3.8, 4) is 0 Å². The van der Waals surface area contributed by atoms with Crippen LogP contribution in [0, 0.1) is 11.7 Å². The van der Waals surface area contributed by atoms with Gasteiger partial charge in [0.15, 0.2) is 0 Å². The molecule has 0 aromatic heterocycles. The predicted octanol–water partition coefficient (Wildman–Crippen LogP) is 3.18. The van der Waals surface area contributed by atoms with E-state index in [4.69, 9.17) is 11.6 Å². The minimum atomic E-state index is -0.292. The Balaban J connectivity index is 2.06. The molecule has 1 unspecified atom stereocenters. The average molecular weight is 321 g/mol. The van der Waals surface area contributed by atoms with E-state index >= 15 is 0 Å². The zero-order chi connectivity index (χ0) is 12.4. The van der Waals surface area contributed by atoms with Gasteiger partial charge in [0.2, 0.25) is 5.91 Å². The Morgan fingerprint density at radius 2 is 2.29 bits per heavy atom. The first-order chi connectivity index (χ1) is 8.10. The lowest BCUT2D eigenvalue weighted by molar-refractivity contribution is -0.128. The number of hydrogen-bond acceptors (Lipinski definition) is 1. The molecule has 1 aromatic rings. The molecule has 1 aliphatic heterocycles. The highest BCUT2D eigenvalue weighted by Crippen LogP contribution is 2.23. The summed E-state index contributed by atoms with van der Waals surface area (Å²) in [6.45, 7) is 1.21. The molecule has 2 rings (SSSR count). The Bertz CT molecular complexity index is 441. The topological polar surface area (TPSA) is 20.3 Å². The molecule has 0 spiro atoms. The monoisotopic (exact) mass is 319 g/mol. The zero-order valence-corrected chi connectivity index (χ0v) is 11.5. The molecule has 1 aliphatic rings. The molecular weight excluding hydrogens is 308 g/mol. The highest BCUT2D eigenvalue weighted by molar-refractivity contribution is 9.10. The molecule has 1 fully saturated rings. The molecule has 0 bridgehead atoms. The molecule has 1 heterocycles. The quantitative estimate of drug-likeness (QED) is 0.783. The fourth-order valence-electron chi connectivity index (χ4n) is 1.97. The summed E-state index contributed by atoms with van der Waals surface area (Å²) in [7, 11) is 0. The van der Waals surface area contributed by atoms with Crippen LogP contribution in [0.2, 0.25) is 0 Å². The summed E-state index contributed by atoms with van der Waals surface area (Å²) in [5.41, 5.74) is 0.918. The van der Waals surface area contributed by atoms with E-state index in [1.54, 1.807) is 17.0 Å². The molecule has 0 aliphatic carbocycles. The first-order valence-corrected chi connectivity index (χ1v) is 6.70. The van der Waals surface area contributed by atoms with Gasteiger partial charge in [-0.15, -0.1) is 11.6 Å². The van der Waals surface area contributed by atoms with E-state index in [1.165, 1.54) is 6.07 Å². The molecule has 1 atom stereocenters. The fraction of sp³-hybridized carbons (Fsp3) is 0.417. The number of likely N-dealkylation sites (tertiary alicyclic amines) is 1. The number of carbonyl (C=O) groups is 1. The summed E-state index contributed by atoms with van der Waals surface area (Å²) in [6, 6.07) is 4.80. The normalized spacial score (nSPS) is 20.1. The maximum atomic E-state index is 13.1. The molecule has 92 valence electrons. The maximum absolute atomic E-state index is 13.1. The molecule has 0 saturated carbocycles. The van der Waals surface area contributed by atoms with Crippen LogP contribution < -0.4 is 0 Å². The van der Waals surface area contributed by atoms with Crippen molar-refractivity contribution in [2.24, 2.45) is 5.92 Å². The van der Waals surface area contributed by atoms with Gasteiger partial charge in [-0.25, -0.2) is 4.39 Å². The van der Waals surface area contributed by atoms with Crippen LogP contribution in [0.15, 0.2) is 22.7 Å². The number of halogens is 3. The fourth-order valence-corrected chi connectivity index (χ4v) is 2.60. The van der Waals surface area contributed by atoms with Crippen LogP contribution in [0.1, 0.15) is 12.0 Å². The third kappa shape index (κ3) is 2.99. The second-order valence-corrected chi connectivity index (χ2v) is 5.41. The minimum Gasteiger partial charge on any atom is -0.338 e. The lowest BCUT2D eigenvalue weighted by Gasteiger charge is -2.16. The van der Waals surface area contributed by atoms with Crippen molar-refractivity contribution in [3.05, 3.63) is 34.1 Å². The zero-order valence-electron chi connectivity index (χ0n) is 9.13. The summed E-state index contributed by atoms with van der Waals surface area (Å²) in [5, 5.41) is 0. The van der Waals surface area contributed by atoms with Gasteiger partial charge in [-0.05, 0) is 39.5 Å². The van der Waals surface area contributed by atoms with Crippen molar-refractivity contribution < 1.29 is 9.18 Å². The Morgan fingerprint density at radius 3 is 2.88 bits per heavy atom. The highest BCUT2D eigenvalue weighted by atomic mass is 79.9. The van der Waals surface area contributed by atoms with Gasteiger partial charge in [-0.3, -0.25) is 4.79 Å². The van der Waals surface area contributed by atoms with Gasteiger partial charge in [0, 0.05) is 25.4 Å². The maximum Gasteiger partial charge on any atom is 0.223 e. The van der Waals surface area contributed by atoms with E-state index in [0.29, 0.717) is 29.9 Å². The Labute approximate surface area is 113 Å². The van der Waals surface area contributed by atoms with Crippen molar-refractivity contribution in [1.82, 2.24) is 4.90 Å². The molecule has 5 heteroatoms. The van der Waals surface area contributed by atoms with Crippen LogP contribution in [-0.4, -0.2) is 23.2 Å². The molecular formula is C12H12BrClFNO. The van der Waals surface area contributed by atoms with E-state index in [-0.39, 0.29) is 17.6 Å². The van der Waals surface area contributed by atoms with Crippen LogP contribution in [0.4, 0.5) is 4.39 Å². The first kappa shape index (κ1) is 12.8. The smallest absolute Gasteiger partial charge is 0.223 e. The van der Waals surface area contributed by atoms with Crippen LogP contribution >= 0.6 is 27.5 Å². The summed E-state index contributed by atoms with van der Waals surface area (Å²) >= 11 is 8.89. The third-order valence-corrected chi connectivity index (χ3v) is 3.91. The first-order valence-electron chi connectivity index (χ1n) is 5.38.